The Morgan fingerprint density at radius 1 is 1.33 bits per heavy atom. The second kappa shape index (κ2) is 8.21. The van der Waals surface area contributed by atoms with Crippen LogP contribution in [0.4, 0.5) is 0 Å². The van der Waals surface area contributed by atoms with E-state index in [1.54, 1.807) is 6.07 Å². The molecule has 1 aromatic carbocycles. The Morgan fingerprint density at radius 3 is 2.50 bits per heavy atom. The van der Waals surface area contributed by atoms with Crippen LogP contribution >= 0.6 is 23.2 Å². The predicted octanol–water partition coefficient (Wildman–Crippen LogP) is 2.39. The van der Waals surface area contributed by atoms with E-state index in [1.807, 2.05) is 0 Å². The van der Waals surface area contributed by atoms with Crippen molar-refractivity contribution in [2.75, 3.05) is 32.6 Å². The fourth-order valence-electron chi connectivity index (χ4n) is 2.90. The van der Waals surface area contributed by atoms with Crippen molar-refractivity contribution in [3.8, 4) is 5.75 Å². The van der Waals surface area contributed by atoms with Gasteiger partial charge in [-0.3, -0.25) is 0 Å². The third-order valence-electron chi connectivity index (χ3n) is 4.37. The quantitative estimate of drug-likeness (QED) is 0.769. The molecule has 1 heterocycles. The molecule has 6 nitrogen and oxygen atoms in total. The van der Waals surface area contributed by atoms with E-state index in [9.17, 15) is 13.5 Å². The van der Waals surface area contributed by atoms with E-state index in [-0.39, 0.29) is 29.0 Å². The first-order chi connectivity index (χ1) is 11.3. The number of hydrogen-bond acceptors (Lipinski definition) is 5. The standard InChI is InChI=1S/C15H22Cl2N2O4S/c1-23-6-7-24(21,22)19-4-2-10(3-5-19)15(18)11-8-12(16)13(17)9-14(11)20/h8-10,15,20H,2-7,18H2,1H3/t15-/m1/s1. The molecule has 0 aromatic heterocycles. The molecule has 1 saturated heterocycles. The maximum absolute atomic E-state index is 12.2. The van der Waals surface area contributed by atoms with Gasteiger partial charge in [0, 0.05) is 37.9 Å². The Hall–Kier alpha value is -0.570. The van der Waals surface area contributed by atoms with Gasteiger partial charge in [-0.1, -0.05) is 23.2 Å². The van der Waals surface area contributed by atoms with Gasteiger partial charge >= 0.3 is 0 Å². The lowest BCUT2D eigenvalue weighted by molar-refractivity contribution is 0.211. The minimum absolute atomic E-state index is 0.00652. The number of nitrogens with zero attached hydrogens (tertiary/aromatic N) is 1. The first-order valence-corrected chi connectivity index (χ1v) is 10.0. The van der Waals surface area contributed by atoms with Crippen LogP contribution in [0.5, 0.6) is 5.75 Å². The van der Waals surface area contributed by atoms with Crippen molar-refractivity contribution in [2.24, 2.45) is 11.7 Å². The number of piperidine rings is 1. The molecule has 0 amide bonds. The summed E-state index contributed by atoms with van der Waals surface area (Å²) < 4.78 is 30.7. The first-order valence-electron chi connectivity index (χ1n) is 7.66. The molecule has 2 rings (SSSR count). The lowest BCUT2D eigenvalue weighted by Crippen LogP contribution is -2.42. The van der Waals surface area contributed by atoms with Gasteiger partial charge in [0.1, 0.15) is 5.75 Å². The van der Waals surface area contributed by atoms with E-state index in [2.05, 4.69) is 0 Å². The van der Waals surface area contributed by atoms with Gasteiger partial charge in [0.25, 0.3) is 0 Å². The van der Waals surface area contributed by atoms with Crippen LogP contribution in [-0.4, -0.2) is 50.4 Å². The van der Waals surface area contributed by atoms with Crippen LogP contribution in [0.25, 0.3) is 0 Å². The molecule has 0 unspecified atom stereocenters. The number of ether oxygens (including phenoxy) is 1. The molecule has 24 heavy (non-hydrogen) atoms. The molecule has 1 aliphatic heterocycles. The zero-order valence-electron chi connectivity index (χ0n) is 13.4. The smallest absolute Gasteiger partial charge is 0.216 e. The highest BCUT2D eigenvalue weighted by Gasteiger charge is 2.31. The van der Waals surface area contributed by atoms with E-state index in [0.717, 1.165) is 0 Å². The summed E-state index contributed by atoms with van der Waals surface area (Å²) in [6.45, 7) is 0.998. The monoisotopic (exact) mass is 396 g/mol. The van der Waals surface area contributed by atoms with Gasteiger partial charge in [0.15, 0.2) is 0 Å². The molecule has 1 atom stereocenters. The molecule has 0 bridgehead atoms. The van der Waals surface area contributed by atoms with Crippen LogP contribution in [0.3, 0.4) is 0 Å². The van der Waals surface area contributed by atoms with Gasteiger partial charge in [0.05, 0.1) is 22.4 Å². The zero-order chi connectivity index (χ0) is 17.9. The fraction of sp³-hybridized carbons (Fsp3) is 0.600. The zero-order valence-corrected chi connectivity index (χ0v) is 15.7. The van der Waals surface area contributed by atoms with Crippen LogP contribution in [0.1, 0.15) is 24.4 Å². The van der Waals surface area contributed by atoms with Crippen molar-refractivity contribution < 1.29 is 18.3 Å². The number of phenolic OH excluding ortho intramolecular Hbond substituents is 1. The van der Waals surface area contributed by atoms with Crippen LogP contribution < -0.4 is 5.73 Å². The molecule has 136 valence electrons. The highest BCUT2D eigenvalue weighted by atomic mass is 35.5. The van der Waals surface area contributed by atoms with Gasteiger partial charge in [-0.15, -0.1) is 0 Å². The molecule has 1 fully saturated rings. The van der Waals surface area contributed by atoms with Crippen molar-refractivity contribution in [3.63, 3.8) is 0 Å². The van der Waals surface area contributed by atoms with Gasteiger partial charge in [-0.05, 0) is 24.8 Å². The predicted molar refractivity (Wildman–Crippen MR) is 95.0 cm³/mol. The van der Waals surface area contributed by atoms with Crippen molar-refractivity contribution in [2.45, 2.75) is 18.9 Å². The average molecular weight is 397 g/mol. The topological polar surface area (TPSA) is 92.9 Å². The number of phenols is 1. The van der Waals surface area contributed by atoms with Crippen LogP contribution in [0.15, 0.2) is 12.1 Å². The lowest BCUT2D eigenvalue weighted by atomic mass is 9.86. The second-order valence-corrected chi connectivity index (χ2v) is 8.80. The van der Waals surface area contributed by atoms with Crippen molar-refractivity contribution in [3.05, 3.63) is 27.7 Å². The highest BCUT2D eigenvalue weighted by molar-refractivity contribution is 7.89. The summed E-state index contributed by atoms with van der Waals surface area (Å²) in [4.78, 5) is 0. The molecular weight excluding hydrogens is 375 g/mol. The third kappa shape index (κ3) is 4.53. The molecule has 0 spiro atoms. The molecule has 0 saturated carbocycles. The Labute approximate surface area is 152 Å². The number of aromatic hydroxyl groups is 1. The molecule has 1 aliphatic rings. The molecule has 1 aromatic rings. The average Bonchev–Trinajstić information content (AvgIpc) is 2.56. The SMILES string of the molecule is COCCS(=O)(=O)N1CCC([C@@H](N)c2cc(Cl)c(Cl)cc2O)CC1. The second-order valence-electron chi connectivity index (χ2n) is 5.90. The van der Waals surface area contributed by atoms with Gasteiger partial charge < -0.3 is 15.6 Å². The van der Waals surface area contributed by atoms with E-state index in [0.29, 0.717) is 36.5 Å². The van der Waals surface area contributed by atoms with Crippen LogP contribution in [0.2, 0.25) is 10.0 Å². The number of hydrogen-bond donors (Lipinski definition) is 2. The summed E-state index contributed by atoms with van der Waals surface area (Å²) in [5, 5.41) is 10.7. The van der Waals surface area contributed by atoms with Gasteiger partial charge in [0.2, 0.25) is 10.0 Å². The van der Waals surface area contributed by atoms with Gasteiger partial charge in [-0.2, -0.15) is 0 Å². The number of halogens is 2. The summed E-state index contributed by atoms with van der Waals surface area (Å²) >= 11 is 11.9. The van der Waals surface area contributed by atoms with Gasteiger partial charge in [-0.25, -0.2) is 12.7 Å². The summed E-state index contributed by atoms with van der Waals surface area (Å²) in [7, 11) is -1.82. The fourth-order valence-corrected chi connectivity index (χ4v) is 4.64. The summed E-state index contributed by atoms with van der Waals surface area (Å²) in [6, 6.07) is 2.53. The Balaban J connectivity index is 2.03. The number of methoxy groups -OCH3 is 1. The van der Waals surface area contributed by atoms with Crippen molar-refractivity contribution in [1.29, 1.82) is 0 Å². The number of sulfonamides is 1. The Kier molecular flexibility index (Phi) is 6.75. The highest BCUT2D eigenvalue weighted by Crippen LogP contribution is 2.38. The van der Waals surface area contributed by atoms with Crippen molar-refractivity contribution in [1.82, 2.24) is 4.31 Å². The minimum atomic E-state index is -3.30. The van der Waals surface area contributed by atoms with Crippen LogP contribution in [0, 0.1) is 5.92 Å². The van der Waals surface area contributed by atoms with E-state index in [1.165, 1.54) is 17.5 Å². The maximum atomic E-state index is 12.2. The summed E-state index contributed by atoms with van der Waals surface area (Å²) in [5.74, 6) is 0.0439. The number of benzene rings is 1. The number of rotatable bonds is 6. The molecule has 3 N–H and O–H groups in total. The Morgan fingerprint density at radius 2 is 1.92 bits per heavy atom. The normalized spacial score (nSPS) is 18.7. The van der Waals surface area contributed by atoms with E-state index >= 15 is 0 Å². The third-order valence-corrected chi connectivity index (χ3v) is 6.93. The Bertz CT molecular complexity index is 676. The summed E-state index contributed by atoms with van der Waals surface area (Å²) in [5.41, 5.74) is 6.81. The molecular formula is C15H22Cl2N2O4S. The van der Waals surface area contributed by atoms with Crippen LogP contribution in [-0.2, 0) is 14.8 Å². The number of nitrogens with two attached hydrogens (primary N) is 1. The maximum Gasteiger partial charge on any atom is 0.216 e. The minimum Gasteiger partial charge on any atom is -0.508 e. The molecule has 0 radical (unpaired) electrons. The van der Waals surface area contributed by atoms with E-state index in [4.69, 9.17) is 33.7 Å². The largest absolute Gasteiger partial charge is 0.508 e. The molecule has 9 heteroatoms. The van der Waals surface area contributed by atoms with E-state index < -0.39 is 16.1 Å². The first kappa shape index (κ1) is 19.8. The lowest BCUT2D eigenvalue weighted by Gasteiger charge is -2.34. The summed E-state index contributed by atoms with van der Waals surface area (Å²) in [6.07, 6.45) is 1.24. The molecule has 0 aliphatic carbocycles. The van der Waals surface area contributed by atoms with Crippen molar-refractivity contribution >= 4 is 33.2 Å².